The number of nitriles is 1. The van der Waals surface area contributed by atoms with E-state index in [0.29, 0.717) is 37.9 Å². The molecule has 6 aliphatic rings. The number of nitrogens with one attached hydrogen (secondary N) is 1. The van der Waals surface area contributed by atoms with Gasteiger partial charge in [-0.3, -0.25) is 43.9 Å². The topological polar surface area (TPSA) is 164 Å². The van der Waals surface area contributed by atoms with Crippen molar-refractivity contribution in [1.82, 2.24) is 20.0 Å². The minimum Gasteiger partial charge on any atom is -0.493 e. The van der Waals surface area contributed by atoms with Gasteiger partial charge >= 0.3 is 6.18 Å². The molecule has 0 saturated carbocycles. The Bertz CT molecular complexity index is 2640. The molecule has 4 fully saturated rings. The summed E-state index contributed by atoms with van der Waals surface area (Å²) in [5.74, 6) is -3.58. The molecule has 0 aromatic heterocycles. The van der Waals surface area contributed by atoms with Crippen molar-refractivity contribution in [1.29, 1.82) is 5.26 Å². The first-order valence-corrected chi connectivity index (χ1v) is 21.3. The normalized spacial score (nSPS) is 23.1. The number of carbonyl (C=O) groups excluding carboxylic acids is 6. The number of piperidine rings is 2. The first kappa shape index (κ1) is 43.0. The number of alkyl halides is 3. The lowest BCUT2D eigenvalue weighted by atomic mass is 9.72. The molecule has 2 atom stereocenters. The Morgan fingerprint density at radius 2 is 1.66 bits per heavy atom. The monoisotopic (exact) mass is 899 g/mol. The van der Waals surface area contributed by atoms with E-state index in [4.69, 9.17) is 17.0 Å². The van der Waals surface area contributed by atoms with Gasteiger partial charge < -0.3 is 19.4 Å². The van der Waals surface area contributed by atoms with Gasteiger partial charge in [-0.25, -0.2) is 4.39 Å². The predicted octanol–water partition coefficient (Wildman–Crippen LogP) is 5.21. The van der Waals surface area contributed by atoms with Gasteiger partial charge in [-0.1, -0.05) is 0 Å². The van der Waals surface area contributed by atoms with Gasteiger partial charge in [0.15, 0.2) is 5.11 Å². The number of hydrogen-bond donors (Lipinski definition) is 1. The summed E-state index contributed by atoms with van der Waals surface area (Å²) in [4.78, 5) is 85.5. The van der Waals surface area contributed by atoms with Crippen molar-refractivity contribution < 1.29 is 51.1 Å². The summed E-state index contributed by atoms with van der Waals surface area (Å²) in [6.45, 7) is 6.57. The van der Waals surface area contributed by atoms with E-state index in [1.807, 2.05) is 0 Å². The Hall–Kier alpha value is -6.26. The highest BCUT2D eigenvalue weighted by molar-refractivity contribution is 7.81. The molecule has 19 heteroatoms. The summed E-state index contributed by atoms with van der Waals surface area (Å²) in [5.41, 5.74) is -2.49. The lowest BCUT2D eigenvalue weighted by Gasteiger charge is -2.44. The number of ether oxygens (including phenoxy) is 1. The third-order valence-corrected chi connectivity index (χ3v) is 13.9. The van der Waals surface area contributed by atoms with Crippen molar-refractivity contribution in [2.75, 3.05) is 49.1 Å². The van der Waals surface area contributed by atoms with Gasteiger partial charge in [0.2, 0.25) is 11.8 Å². The van der Waals surface area contributed by atoms with Crippen molar-refractivity contribution in [2.45, 2.75) is 70.1 Å². The summed E-state index contributed by atoms with van der Waals surface area (Å²) in [7, 11) is 0. The molecular formula is C45H41F4N7O7S. The third kappa shape index (κ3) is 7.16. The average Bonchev–Trinajstić information content (AvgIpc) is 3.86. The fraction of sp³-hybridized carbons (Fsp3) is 0.422. The van der Waals surface area contributed by atoms with E-state index < -0.39 is 70.1 Å². The van der Waals surface area contributed by atoms with Crippen molar-refractivity contribution in [3.05, 3.63) is 87.7 Å². The van der Waals surface area contributed by atoms with Crippen LogP contribution in [0.3, 0.4) is 0 Å². The maximum atomic E-state index is 15.9. The standard InChI is InChI=1S/C45H41F4N7O7S/c1-43(2)41(62)54(27-4-3-25(20-50)32(16-27)45(47,48)49)42(64)56(43)28-5-6-29(33(46)17-28)38(59)53-12-9-24(22-53)21-52-13-10-44(11-14-52)19-26-15-30-31(18-35(26)63-23-44)40(61)55(39(30)60)34-7-8-36(57)51-37(34)58/h3-6,15-18,24,34H,7-14,19,21-23H2,1-2H3,(H,51,57,58)/t24-,34?/m0/s1. The molecule has 3 aromatic rings. The van der Waals surface area contributed by atoms with Crippen LogP contribution < -0.4 is 19.9 Å². The Labute approximate surface area is 369 Å². The lowest BCUT2D eigenvalue weighted by molar-refractivity contribution is -0.138. The van der Waals surface area contributed by atoms with Crippen molar-refractivity contribution in [2.24, 2.45) is 11.3 Å². The van der Waals surface area contributed by atoms with Gasteiger partial charge in [0.1, 0.15) is 23.1 Å². The van der Waals surface area contributed by atoms with Crippen LogP contribution in [0.4, 0.5) is 28.9 Å². The number of amides is 6. The summed E-state index contributed by atoms with van der Waals surface area (Å²) in [6, 6.07) is 10.5. The Balaban J connectivity index is 0.810. The highest BCUT2D eigenvalue weighted by Gasteiger charge is 2.51. The van der Waals surface area contributed by atoms with Gasteiger partial charge in [0, 0.05) is 37.2 Å². The van der Waals surface area contributed by atoms with E-state index in [1.165, 1.54) is 43.0 Å². The summed E-state index contributed by atoms with van der Waals surface area (Å²) >= 11 is 5.58. The van der Waals surface area contributed by atoms with E-state index in [2.05, 4.69) is 10.2 Å². The molecule has 6 heterocycles. The number of anilines is 2. The van der Waals surface area contributed by atoms with E-state index in [1.54, 1.807) is 17.0 Å². The predicted molar refractivity (Wildman–Crippen MR) is 224 cm³/mol. The van der Waals surface area contributed by atoms with Gasteiger partial charge in [0.05, 0.1) is 46.2 Å². The Morgan fingerprint density at radius 1 is 0.953 bits per heavy atom. The molecule has 64 heavy (non-hydrogen) atoms. The number of nitrogens with zero attached hydrogens (tertiary/aromatic N) is 6. The molecule has 4 saturated heterocycles. The zero-order valence-electron chi connectivity index (χ0n) is 34.7. The molecule has 332 valence electrons. The number of likely N-dealkylation sites (tertiary alicyclic amines) is 2. The number of hydrogen-bond acceptors (Lipinski definition) is 10. The fourth-order valence-electron chi connectivity index (χ4n) is 10.0. The quantitative estimate of drug-likeness (QED) is 0.196. The number of imide groups is 2. The number of thiocarbonyl (C=S) groups is 1. The van der Waals surface area contributed by atoms with Crippen LogP contribution in [0.25, 0.3) is 0 Å². The van der Waals surface area contributed by atoms with E-state index >= 15 is 4.39 Å². The second-order valence-corrected chi connectivity index (χ2v) is 18.3. The molecule has 0 aliphatic carbocycles. The van der Waals surface area contributed by atoms with Crippen molar-refractivity contribution >= 4 is 64.1 Å². The van der Waals surface area contributed by atoms with Crippen molar-refractivity contribution in [3.63, 3.8) is 0 Å². The first-order chi connectivity index (χ1) is 30.3. The summed E-state index contributed by atoms with van der Waals surface area (Å²) < 4.78 is 63.4. The molecule has 14 nitrogen and oxygen atoms in total. The SMILES string of the molecule is CC1(C)C(=O)N(c2ccc(C#N)c(C(F)(F)F)c2)C(=S)N1c1ccc(C(=O)N2CC[C@@H](CN3CCC4(CC3)COc3cc5c(cc3C4)C(=O)N(C3CCC(=O)NC3=O)C5=O)C2)c(F)c1. The number of fused-ring (bicyclic) bond motifs is 2. The first-order valence-electron chi connectivity index (χ1n) is 20.9. The molecule has 0 radical (unpaired) electrons. The minimum atomic E-state index is -4.87. The van der Waals surface area contributed by atoms with Gasteiger partial charge in [-0.05, 0) is 131 Å². The highest BCUT2D eigenvalue weighted by Crippen LogP contribution is 2.45. The van der Waals surface area contributed by atoms with Crippen LogP contribution >= 0.6 is 12.2 Å². The molecule has 0 bridgehead atoms. The van der Waals surface area contributed by atoms with Crippen LogP contribution in [0, 0.1) is 28.5 Å². The van der Waals surface area contributed by atoms with Crippen LogP contribution in [-0.4, -0.2) is 106 Å². The van der Waals surface area contributed by atoms with Crippen LogP contribution in [-0.2, 0) is 27.0 Å². The van der Waals surface area contributed by atoms with E-state index in [-0.39, 0.29) is 57.4 Å². The van der Waals surface area contributed by atoms with Crippen LogP contribution in [0.1, 0.15) is 93.7 Å². The van der Waals surface area contributed by atoms with Crippen LogP contribution in [0.15, 0.2) is 48.5 Å². The second kappa shape index (κ2) is 15.5. The average molecular weight is 900 g/mol. The molecule has 3 aromatic carbocycles. The smallest absolute Gasteiger partial charge is 0.417 e. The van der Waals surface area contributed by atoms with Crippen LogP contribution in [0.5, 0.6) is 5.75 Å². The second-order valence-electron chi connectivity index (χ2n) is 17.9. The number of benzene rings is 3. The van der Waals surface area contributed by atoms with E-state index in [9.17, 15) is 47.2 Å². The Morgan fingerprint density at radius 3 is 2.33 bits per heavy atom. The molecule has 1 spiro atoms. The lowest BCUT2D eigenvalue weighted by Crippen LogP contribution is -2.54. The van der Waals surface area contributed by atoms with Gasteiger partial charge in [0.25, 0.3) is 23.6 Å². The largest absolute Gasteiger partial charge is 0.493 e. The van der Waals surface area contributed by atoms with E-state index in [0.717, 1.165) is 66.4 Å². The maximum Gasteiger partial charge on any atom is 0.417 e. The maximum absolute atomic E-state index is 15.9. The number of halogens is 4. The number of carbonyl (C=O) groups is 6. The molecule has 6 amide bonds. The molecular weight excluding hydrogens is 859 g/mol. The molecule has 1 N–H and O–H groups in total. The Kier molecular flexibility index (Phi) is 10.4. The molecule has 1 unspecified atom stereocenters. The number of rotatable bonds is 6. The minimum absolute atomic E-state index is 0.0329. The summed E-state index contributed by atoms with van der Waals surface area (Å²) in [6.07, 6.45) is -1.77. The highest BCUT2D eigenvalue weighted by atomic mass is 32.1. The zero-order chi connectivity index (χ0) is 45.6. The fourth-order valence-corrected chi connectivity index (χ4v) is 10.5. The van der Waals surface area contributed by atoms with Gasteiger partial charge in [-0.2, -0.15) is 18.4 Å². The van der Waals surface area contributed by atoms with Crippen molar-refractivity contribution in [3.8, 4) is 11.8 Å². The van der Waals surface area contributed by atoms with Gasteiger partial charge in [-0.15, -0.1) is 0 Å². The van der Waals surface area contributed by atoms with Crippen LogP contribution in [0.2, 0.25) is 0 Å². The third-order valence-electron chi connectivity index (χ3n) is 13.5. The summed E-state index contributed by atoms with van der Waals surface area (Å²) in [5, 5.41) is 11.2. The molecule has 9 rings (SSSR count). The molecule has 6 aliphatic heterocycles. The zero-order valence-corrected chi connectivity index (χ0v) is 35.5.